The van der Waals surface area contributed by atoms with Gasteiger partial charge < -0.3 is 10.4 Å². The molecule has 1 aliphatic carbocycles. The van der Waals surface area contributed by atoms with Crippen LogP contribution in [-0.4, -0.2) is 33.2 Å². The molecule has 0 aromatic heterocycles. The molecule has 1 aliphatic rings. The molecule has 6 heteroatoms. The van der Waals surface area contributed by atoms with Gasteiger partial charge >= 0.3 is 0 Å². The number of nitrogens with one attached hydrogen (secondary N) is 2. The van der Waals surface area contributed by atoms with E-state index in [1.54, 1.807) is 18.2 Å². The zero-order valence-corrected chi connectivity index (χ0v) is 14.1. The van der Waals surface area contributed by atoms with Gasteiger partial charge in [0.2, 0.25) is 10.0 Å². The van der Waals surface area contributed by atoms with Crippen molar-refractivity contribution in [1.82, 2.24) is 10.0 Å². The standard InChI is InChI=1S/C16H26N2O3S/c1-12(18-11-16(19)13-6-3-4-7-13)14-8-5-9-15(10-14)22(20,21)17-2/h5,8-10,12-13,16-19H,3-4,6-7,11H2,1-2H3. The molecule has 2 unspecified atom stereocenters. The largest absolute Gasteiger partial charge is 0.392 e. The van der Waals surface area contributed by atoms with Gasteiger partial charge in [-0.1, -0.05) is 25.0 Å². The molecule has 1 saturated carbocycles. The highest BCUT2D eigenvalue weighted by Gasteiger charge is 2.23. The molecule has 0 heterocycles. The highest BCUT2D eigenvalue weighted by Crippen LogP contribution is 2.27. The first-order chi connectivity index (χ1) is 10.4. The van der Waals surface area contributed by atoms with E-state index < -0.39 is 10.0 Å². The predicted molar refractivity (Wildman–Crippen MR) is 87.1 cm³/mol. The van der Waals surface area contributed by atoms with Crippen molar-refractivity contribution < 1.29 is 13.5 Å². The fourth-order valence-electron chi connectivity index (χ4n) is 2.99. The van der Waals surface area contributed by atoms with Crippen molar-refractivity contribution in [3.05, 3.63) is 29.8 Å². The van der Waals surface area contributed by atoms with Crippen LogP contribution in [0.1, 0.15) is 44.2 Å². The molecule has 124 valence electrons. The van der Waals surface area contributed by atoms with Crippen molar-refractivity contribution in [1.29, 1.82) is 0 Å². The Kier molecular flexibility index (Phi) is 5.97. The summed E-state index contributed by atoms with van der Waals surface area (Å²) in [6.45, 7) is 2.52. The smallest absolute Gasteiger partial charge is 0.240 e. The number of aliphatic hydroxyl groups is 1. The molecule has 1 aromatic rings. The minimum absolute atomic E-state index is 0.0111. The number of rotatable bonds is 7. The summed E-state index contributed by atoms with van der Waals surface area (Å²) in [7, 11) is -2.02. The average Bonchev–Trinajstić information content (AvgIpc) is 3.07. The predicted octanol–water partition coefficient (Wildman–Crippen LogP) is 1.80. The molecule has 2 atom stereocenters. The first-order valence-electron chi connectivity index (χ1n) is 7.89. The van der Waals surface area contributed by atoms with Crippen LogP contribution in [0.25, 0.3) is 0 Å². The maximum absolute atomic E-state index is 11.8. The second-order valence-corrected chi connectivity index (χ2v) is 7.91. The molecule has 0 aliphatic heterocycles. The van der Waals surface area contributed by atoms with Crippen molar-refractivity contribution in [2.45, 2.75) is 49.6 Å². The van der Waals surface area contributed by atoms with Gasteiger partial charge in [0.15, 0.2) is 0 Å². The SMILES string of the molecule is CNS(=O)(=O)c1cccc(C(C)NCC(O)C2CCCC2)c1. The summed E-state index contributed by atoms with van der Waals surface area (Å²) in [6.07, 6.45) is 4.30. The summed E-state index contributed by atoms with van der Waals surface area (Å²) in [4.78, 5) is 0.262. The number of sulfonamides is 1. The summed E-state index contributed by atoms with van der Waals surface area (Å²) in [5.74, 6) is 0.399. The summed E-state index contributed by atoms with van der Waals surface area (Å²) in [5, 5.41) is 13.5. The molecule has 1 fully saturated rings. The number of hydrogen-bond donors (Lipinski definition) is 3. The summed E-state index contributed by atoms with van der Waals surface area (Å²) < 4.78 is 26.0. The lowest BCUT2D eigenvalue weighted by atomic mass is 10.0. The van der Waals surface area contributed by atoms with Gasteiger partial charge in [0.1, 0.15) is 0 Å². The lowest BCUT2D eigenvalue weighted by molar-refractivity contribution is 0.106. The Balaban J connectivity index is 1.97. The molecular formula is C16H26N2O3S. The summed E-state index contributed by atoms with van der Waals surface area (Å²) >= 11 is 0. The van der Waals surface area contributed by atoms with E-state index in [1.807, 2.05) is 13.0 Å². The van der Waals surface area contributed by atoms with Crippen LogP contribution < -0.4 is 10.0 Å². The monoisotopic (exact) mass is 326 g/mol. The normalized spacial score (nSPS) is 19.2. The fraction of sp³-hybridized carbons (Fsp3) is 0.625. The van der Waals surface area contributed by atoms with Gasteiger partial charge in [0.25, 0.3) is 0 Å². The first-order valence-corrected chi connectivity index (χ1v) is 9.37. The quantitative estimate of drug-likeness (QED) is 0.714. The molecule has 22 heavy (non-hydrogen) atoms. The van der Waals surface area contributed by atoms with E-state index in [2.05, 4.69) is 10.0 Å². The second kappa shape index (κ2) is 7.55. The number of aliphatic hydroxyl groups excluding tert-OH is 1. The molecule has 3 N–H and O–H groups in total. The van der Waals surface area contributed by atoms with Crippen molar-refractivity contribution >= 4 is 10.0 Å². The van der Waals surface area contributed by atoms with Gasteiger partial charge in [-0.15, -0.1) is 0 Å². The van der Waals surface area contributed by atoms with Gasteiger partial charge in [-0.3, -0.25) is 0 Å². The Morgan fingerprint density at radius 1 is 1.32 bits per heavy atom. The van der Waals surface area contributed by atoms with Crippen LogP contribution in [0.3, 0.4) is 0 Å². The first kappa shape index (κ1) is 17.4. The zero-order chi connectivity index (χ0) is 16.2. The summed E-state index contributed by atoms with van der Waals surface area (Å²) in [6, 6.07) is 6.88. The van der Waals surface area contributed by atoms with Crippen molar-refractivity contribution in [3.8, 4) is 0 Å². The Morgan fingerprint density at radius 2 is 2.00 bits per heavy atom. The van der Waals surface area contributed by atoms with E-state index in [0.717, 1.165) is 18.4 Å². The highest BCUT2D eigenvalue weighted by atomic mass is 32.2. The van der Waals surface area contributed by atoms with Crippen LogP contribution in [0.2, 0.25) is 0 Å². The zero-order valence-electron chi connectivity index (χ0n) is 13.2. The van der Waals surface area contributed by atoms with Crippen LogP contribution in [0.5, 0.6) is 0 Å². The molecule has 2 rings (SSSR count). The number of benzene rings is 1. The Labute approximate surface area is 133 Å². The molecule has 1 aromatic carbocycles. The van der Waals surface area contributed by atoms with E-state index >= 15 is 0 Å². The van der Waals surface area contributed by atoms with Gasteiger partial charge in [0, 0.05) is 12.6 Å². The topological polar surface area (TPSA) is 78.4 Å². The van der Waals surface area contributed by atoms with E-state index in [0.29, 0.717) is 12.5 Å². The minimum Gasteiger partial charge on any atom is -0.392 e. The maximum atomic E-state index is 11.8. The lowest BCUT2D eigenvalue weighted by Crippen LogP contribution is -2.33. The van der Waals surface area contributed by atoms with Crippen molar-refractivity contribution in [3.63, 3.8) is 0 Å². The van der Waals surface area contributed by atoms with Gasteiger partial charge in [-0.05, 0) is 50.4 Å². The van der Waals surface area contributed by atoms with E-state index in [-0.39, 0.29) is 17.0 Å². The van der Waals surface area contributed by atoms with Crippen LogP contribution >= 0.6 is 0 Å². The Bertz CT molecular complexity index is 583. The second-order valence-electron chi connectivity index (χ2n) is 6.02. The summed E-state index contributed by atoms with van der Waals surface area (Å²) in [5.41, 5.74) is 0.898. The van der Waals surface area contributed by atoms with Gasteiger partial charge in [0.05, 0.1) is 11.0 Å². The van der Waals surface area contributed by atoms with Crippen molar-refractivity contribution in [2.75, 3.05) is 13.6 Å². The molecule has 0 spiro atoms. The highest BCUT2D eigenvalue weighted by molar-refractivity contribution is 7.89. The third-order valence-corrected chi connectivity index (χ3v) is 5.93. The van der Waals surface area contributed by atoms with Crippen LogP contribution in [-0.2, 0) is 10.0 Å². The van der Waals surface area contributed by atoms with E-state index in [9.17, 15) is 13.5 Å². The van der Waals surface area contributed by atoms with Gasteiger partial charge in [-0.2, -0.15) is 0 Å². The molecule has 0 radical (unpaired) electrons. The number of hydrogen-bond acceptors (Lipinski definition) is 4. The van der Waals surface area contributed by atoms with Gasteiger partial charge in [-0.25, -0.2) is 13.1 Å². The molecule has 0 saturated heterocycles. The lowest BCUT2D eigenvalue weighted by Gasteiger charge is -2.21. The Hall–Kier alpha value is -0.950. The van der Waals surface area contributed by atoms with Crippen molar-refractivity contribution in [2.24, 2.45) is 5.92 Å². The van der Waals surface area contributed by atoms with Crippen LogP contribution in [0.15, 0.2) is 29.2 Å². The molecule has 0 bridgehead atoms. The van der Waals surface area contributed by atoms with Crippen LogP contribution in [0, 0.1) is 5.92 Å². The third kappa shape index (κ3) is 4.29. The van der Waals surface area contributed by atoms with Crippen LogP contribution in [0.4, 0.5) is 0 Å². The molecular weight excluding hydrogens is 300 g/mol. The Morgan fingerprint density at radius 3 is 2.64 bits per heavy atom. The molecule has 0 amide bonds. The third-order valence-electron chi connectivity index (χ3n) is 4.51. The average molecular weight is 326 g/mol. The minimum atomic E-state index is -3.43. The fourth-order valence-corrected chi connectivity index (χ4v) is 3.78. The van der Waals surface area contributed by atoms with E-state index in [4.69, 9.17) is 0 Å². The van der Waals surface area contributed by atoms with E-state index in [1.165, 1.54) is 19.9 Å². The maximum Gasteiger partial charge on any atom is 0.240 e. The molecule has 5 nitrogen and oxygen atoms in total.